The summed E-state index contributed by atoms with van der Waals surface area (Å²) in [7, 11) is 3.81. The van der Waals surface area contributed by atoms with Gasteiger partial charge < -0.3 is 9.88 Å². The Kier molecular flexibility index (Phi) is 2.59. The van der Waals surface area contributed by atoms with Crippen LogP contribution in [0.2, 0.25) is 0 Å². The highest BCUT2D eigenvalue weighted by Crippen LogP contribution is 2.08. The van der Waals surface area contributed by atoms with Gasteiger partial charge in [0.2, 0.25) is 0 Å². The highest BCUT2D eigenvalue weighted by atomic mass is 32.1. The summed E-state index contributed by atoms with van der Waals surface area (Å²) < 4.78 is 1.95. The number of nitrogens with one attached hydrogen (secondary N) is 1. The van der Waals surface area contributed by atoms with Crippen molar-refractivity contribution in [1.82, 2.24) is 9.55 Å². The van der Waals surface area contributed by atoms with Crippen molar-refractivity contribution >= 4 is 24.5 Å². The minimum Gasteiger partial charge on any atom is -0.373 e. The molecular weight excluding hydrogens is 158 g/mol. The van der Waals surface area contributed by atoms with Crippen molar-refractivity contribution in [1.29, 1.82) is 0 Å². The monoisotopic (exact) mass is 169 g/mol. The summed E-state index contributed by atoms with van der Waals surface area (Å²) in [6, 6.07) is 0. The fraction of sp³-hybridized carbons (Fsp3) is 0.286. The van der Waals surface area contributed by atoms with Crippen LogP contribution in [-0.4, -0.2) is 16.6 Å². The van der Waals surface area contributed by atoms with Gasteiger partial charge in [0.15, 0.2) is 0 Å². The van der Waals surface area contributed by atoms with Crippen molar-refractivity contribution in [2.45, 2.75) is 0 Å². The van der Waals surface area contributed by atoms with Crippen LogP contribution in [0.3, 0.4) is 0 Å². The standard InChI is InChI=1S/C7H11N3S/c1-8-7-5-9-6(3-4-11)10(7)2/h3-5,8,11H,1-2H3/b4-3+. The van der Waals surface area contributed by atoms with E-state index < -0.39 is 0 Å². The molecule has 0 unspecified atom stereocenters. The molecule has 0 radical (unpaired) electrons. The third kappa shape index (κ3) is 1.57. The van der Waals surface area contributed by atoms with Gasteiger partial charge in [-0.15, -0.1) is 0 Å². The lowest BCUT2D eigenvalue weighted by Crippen LogP contribution is -1.98. The predicted molar refractivity (Wildman–Crippen MR) is 50.8 cm³/mol. The van der Waals surface area contributed by atoms with E-state index in [0.717, 1.165) is 11.6 Å². The molecule has 0 fully saturated rings. The van der Waals surface area contributed by atoms with Gasteiger partial charge >= 0.3 is 0 Å². The molecule has 1 heterocycles. The first kappa shape index (κ1) is 8.20. The second kappa shape index (κ2) is 3.48. The van der Waals surface area contributed by atoms with Crippen molar-refractivity contribution in [3.63, 3.8) is 0 Å². The number of nitrogens with zero attached hydrogens (tertiary/aromatic N) is 2. The zero-order chi connectivity index (χ0) is 8.27. The quantitative estimate of drug-likeness (QED) is 0.655. The molecule has 0 aliphatic carbocycles. The molecule has 0 amide bonds. The highest BCUT2D eigenvalue weighted by molar-refractivity contribution is 7.83. The number of hydrogen-bond donors (Lipinski definition) is 2. The van der Waals surface area contributed by atoms with Crippen LogP contribution in [0.5, 0.6) is 0 Å². The zero-order valence-electron chi connectivity index (χ0n) is 6.57. The van der Waals surface area contributed by atoms with E-state index in [1.807, 2.05) is 24.7 Å². The number of hydrogen-bond acceptors (Lipinski definition) is 3. The first-order chi connectivity index (χ1) is 5.29. The van der Waals surface area contributed by atoms with E-state index >= 15 is 0 Å². The van der Waals surface area contributed by atoms with Gasteiger partial charge in [0.05, 0.1) is 6.20 Å². The van der Waals surface area contributed by atoms with Crippen LogP contribution < -0.4 is 5.32 Å². The van der Waals surface area contributed by atoms with E-state index in [1.165, 1.54) is 0 Å². The average molecular weight is 169 g/mol. The molecule has 60 valence electrons. The second-order valence-corrected chi connectivity index (χ2v) is 2.42. The Bertz CT molecular complexity index is 265. The van der Waals surface area contributed by atoms with Gasteiger partial charge in [0.25, 0.3) is 0 Å². The Morgan fingerprint density at radius 2 is 2.45 bits per heavy atom. The summed E-state index contributed by atoms with van der Waals surface area (Å²) in [5.74, 6) is 1.88. The van der Waals surface area contributed by atoms with Crippen LogP contribution in [0.4, 0.5) is 5.82 Å². The molecule has 1 aromatic rings. The molecule has 0 bridgehead atoms. The lowest BCUT2D eigenvalue weighted by atomic mass is 10.6. The second-order valence-electron chi connectivity index (χ2n) is 2.13. The molecule has 1 aromatic heterocycles. The fourth-order valence-corrected chi connectivity index (χ4v) is 1.01. The number of aromatic nitrogens is 2. The van der Waals surface area contributed by atoms with Crippen LogP contribution in [0.1, 0.15) is 5.82 Å². The third-order valence-electron chi connectivity index (χ3n) is 1.50. The number of thiol groups is 1. The maximum absolute atomic E-state index is 4.14. The summed E-state index contributed by atoms with van der Waals surface area (Å²) in [6.45, 7) is 0. The third-order valence-corrected chi connectivity index (χ3v) is 1.65. The van der Waals surface area contributed by atoms with Gasteiger partial charge in [-0.05, 0) is 11.5 Å². The van der Waals surface area contributed by atoms with Gasteiger partial charge in [0.1, 0.15) is 11.6 Å². The lowest BCUT2D eigenvalue weighted by molar-refractivity contribution is 0.902. The summed E-state index contributed by atoms with van der Waals surface area (Å²) in [4.78, 5) is 4.14. The number of imidazole rings is 1. The van der Waals surface area contributed by atoms with Crippen molar-refractivity contribution in [3.8, 4) is 0 Å². The predicted octanol–water partition coefficient (Wildman–Crippen LogP) is 1.36. The maximum Gasteiger partial charge on any atom is 0.134 e. The van der Waals surface area contributed by atoms with Crippen molar-refractivity contribution in [2.75, 3.05) is 12.4 Å². The van der Waals surface area contributed by atoms with Crippen LogP contribution in [0.25, 0.3) is 6.08 Å². The van der Waals surface area contributed by atoms with E-state index in [0.29, 0.717) is 0 Å². The van der Waals surface area contributed by atoms with E-state index in [4.69, 9.17) is 0 Å². The molecule has 1 rings (SSSR count). The first-order valence-corrected chi connectivity index (χ1v) is 3.81. The van der Waals surface area contributed by atoms with Crippen molar-refractivity contribution in [2.24, 2.45) is 7.05 Å². The molecule has 0 aromatic carbocycles. The minimum absolute atomic E-state index is 0.893. The summed E-state index contributed by atoms with van der Waals surface area (Å²) in [6.07, 6.45) is 3.62. The molecule has 0 spiro atoms. The molecule has 0 aliphatic heterocycles. The topological polar surface area (TPSA) is 29.9 Å². The van der Waals surface area contributed by atoms with Crippen molar-refractivity contribution < 1.29 is 0 Å². The van der Waals surface area contributed by atoms with E-state index in [1.54, 1.807) is 11.6 Å². The van der Waals surface area contributed by atoms with E-state index in [9.17, 15) is 0 Å². The van der Waals surface area contributed by atoms with Crippen molar-refractivity contribution in [3.05, 3.63) is 17.4 Å². The van der Waals surface area contributed by atoms with Crippen LogP contribution in [0.15, 0.2) is 11.6 Å². The Hall–Kier alpha value is -0.900. The normalized spacial score (nSPS) is 10.8. The SMILES string of the molecule is CNc1cnc(/C=C/S)n1C. The zero-order valence-corrected chi connectivity index (χ0v) is 7.47. The Balaban J connectivity index is 3.00. The fourth-order valence-electron chi connectivity index (χ4n) is 0.878. The Labute approximate surface area is 71.5 Å². The van der Waals surface area contributed by atoms with Gasteiger partial charge in [-0.25, -0.2) is 4.98 Å². The molecule has 4 heteroatoms. The molecule has 3 nitrogen and oxygen atoms in total. The molecule has 0 saturated heterocycles. The first-order valence-electron chi connectivity index (χ1n) is 3.30. The molecule has 1 N–H and O–H groups in total. The molecular formula is C7H11N3S. The van der Waals surface area contributed by atoms with Crippen LogP contribution in [-0.2, 0) is 7.05 Å². The van der Waals surface area contributed by atoms with Gasteiger partial charge in [0, 0.05) is 14.1 Å². The largest absolute Gasteiger partial charge is 0.373 e. The summed E-state index contributed by atoms with van der Waals surface area (Å²) in [5, 5.41) is 4.68. The summed E-state index contributed by atoms with van der Waals surface area (Å²) in [5.41, 5.74) is 0. The molecule has 0 aliphatic rings. The maximum atomic E-state index is 4.14. The Morgan fingerprint density at radius 1 is 1.73 bits per heavy atom. The van der Waals surface area contributed by atoms with Gasteiger partial charge in [-0.2, -0.15) is 12.6 Å². The lowest BCUT2D eigenvalue weighted by Gasteiger charge is -2.00. The van der Waals surface area contributed by atoms with E-state index in [-0.39, 0.29) is 0 Å². The smallest absolute Gasteiger partial charge is 0.134 e. The minimum atomic E-state index is 0.893. The van der Waals surface area contributed by atoms with Crippen LogP contribution in [0, 0.1) is 0 Å². The Morgan fingerprint density at radius 3 is 2.91 bits per heavy atom. The van der Waals surface area contributed by atoms with E-state index in [2.05, 4.69) is 22.9 Å². The molecule has 0 saturated carbocycles. The average Bonchev–Trinajstić information content (AvgIpc) is 2.34. The summed E-state index contributed by atoms with van der Waals surface area (Å²) >= 11 is 3.96. The van der Waals surface area contributed by atoms with Crippen LogP contribution >= 0.6 is 12.6 Å². The number of rotatable bonds is 2. The van der Waals surface area contributed by atoms with Gasteiger partial charge in [-0.1, -0.05) is 0 Å². The molecule has 0 atom stereocenters. The molecule has 11 heavy (non-hydrogen) atoms. The van der Waals surface area contributed by atoms with Gasteiger partial charge in [-0.3, -0.25) is 0 Å². The number of anilines is 1. The highest BCUT2D eigenvalue weighted by Gasteiger charge is 1.99.